The van der Waals surface area contributed by atoms with Crippen molar-refractivity contribution in [3.8, 4) is 5.75 Å². The van der Waals surface area contributed by atoms with Crippen molar-refractivity contribution in [2.45, 2.75) is 39.7 Å². The maximum Gasteiger partial charge on any atom is 0.267 e. The zero-order valence-electron chi connectivity index (χ0n) is 14.7. The Hall–Kier alpha value is -2.74. The second-order valence-electron chi connectivity index (χ2n) is 5.85. The number of pyridine rings is 1. The van der Waals surface area contributed by atoms with Gasteiger partial charge in [-0.05, 0) is 25.5 Å². The van der Waals surface area contributed by atoms with Crippen molar-refractivity contribution in [2.75, 3.05) is 5.32 Å². The van der Waals surface area contributed by atoms with Crippen LogP contribution in [-0.4, -0.2) is 25.8 Å². The van der Waals surface area contributed by atoms with E-state index in [-0.39, 0.29) is 11.3 Å². The number of hydrogen-bond acceptors (Lipinski definition) is 6. The third-order valence-corrected chi connectivity index (χ3v) is 5.02. The van der Waals surface area contributed by atoms with E-state index in [0.717, 1.165) is 24.3 Å². The molecule has 2 aromatic heterocycles. The van der Waals surface area contributed by atoms with Crippen LogP contribution in [-0.2, 0) is 13.0 Å². The smallest absolute Gasteiger partial charge is 0.267 e. The summed E-state index contributed by atoms with van der Waals surface area (Å²) in [5, 5.41) is 22.7. The summed E-state index contributed by atoms with van der Waals surface area (Å²) in [6.45, 7) is 4.29. The zero-order chi connectivity index (χ0) is 18.7. The second kappa shape index (κ2) is 7.65. The first-order chi connectivity index (χ1) is 12.6. The fourth-order valence-corrected chi connectivity index (χ4v) is 3.58. The number of hydrogen-bond donors (Lipinski definition) is 2. The number of amides is 1. The lowest BCUT2D eigenvalue weighted by atomic mass is 10.1. The molecule has 7 nitrogen and oxygen atoms in total. The van der Waals surface area contributed by atoms with Crippen LogP contribution in [0.1, 0.15) is 42.1 Å². The van der Waals surface area contributed by atoms with Crippen molar-refractivity contribution in [1.29, 1.82) is 0 Å². The van der Waals surface area contributed by atoms with Gasteiger partial charge in [0.2, 0.25) is 5.13 Å². The largest absolute Gasteiger partial charge is 0.506 e. The van der Waals surface area contributed by atoms with Crippen molar-refractivity contribution in [3.05, 3.63) is 45.2 Å². The highest BCUT2D eigenvalue weighted by molar-refractivity contribution is 7.15. The number of aryl methyl sites for hydroxylation is 2. The minimum atomic E-state index is -0.682. The quantitative estimate of drug-likeness (QED) is 0.693. The van der Waals surface area contributed by atoms with Gasteiger partial charge >= 0.3 is 0 Å². The van der Waals surface area contributed by atoms with E-state index in [0.29, 0.717) is 22.6 Å². The molecule has 0 unspecified atom stereocenters. The molecule has 2 heterocycles. The lowest BCUT2D eigenvalue weighted by Gasteiger charge is -2.12. The van der Waals surface area contributed by atoms with Gasteiger partial charge in [0.25, 0.3) is 11.5 Å². The van der Waals surface area contributed by atoms with Crippen molar-refractivity contribution in [1.82, 2.24) is 14.8 Å². The van der Waals surface area contributed by atoms with Crippen LogP contribution in [0, 0.1) is 0 Å². The Morgan fingerprint density at radius 2 is 2.04 bits per heavy atom. The first kappa shape index (κ1) is 18.1. The molecule has 0 aliphatic heterocycles. The minimum Gasteiger partial charge on any atom is -0.506 e. The van der Waals surface area contributed by atoms with Gasteiger partial charge < -0.3 is 9.67 Å². The van der Waals surface area contributed by atoms with Crippen molar-refractivity contribution in [3.63, 3.8) is 0 Å². The summed E-state index contributed by atoms with van der Waals surface area (Å²) in [6.07, 6.45) is 2.84. The molecule has 0 bridgehead atoms. The van der Waals surface area contributed by atoms with E-state index in [1.165, 1.54) is 15.9 Å². The number of carbonyl (C=O) groups excluding carboxylic acids is 1. The van der Waals surface area contributed by atoms with Gasteiger partial charge in [-0.25, -0.2) is 0 Å². The molecule has 0 aliphatic rings. The van der Waals surface area contributed by atoms with Crippen LogP contribution in [0.2, 0.25) is 0 Å². The summed E-state index contributed by atoms with van der Waals surface area (Å²) in [4.78, 5) is 25.4. The first-order valence-corrected chi connectivity index (χ1v) is 9.36. The molecule has 0 atom stereocenters. The topological polar surface area (TPSA) is 97.1 Å². The number of fused-ring (bicyclic) bond motifs is 1. The van der Waals surface area contributed by atoms with Crippen LogP contribution in [0.5, 0.6) is 5.75 Å². The summed E-state index contributed by atoms with van der Waals surface area (Å²) >= 11 is 1.28. The Bertz CT molecular complexity index is 1010. The molecule has 1 aromatic carbocycles. The predicted molar refractivity (Wildman–Crippen MR) is 102 cm³/mol. The van der Waals surface area contributed by atoms with Crippen molar-refractivity contribution < 1.29 is 9.90 Å². The van der Waals surface area contributed by atoms with Gasteiger partial charge in [0, 0.05) is 18.4 Å². The van der Waals surface area contributed by atoms with Gasteiger partial charge in [-0.3, -0.25) is 14.9 Å². The van der Waals surface area contributed by atoms with Gasteiger partial charge in [-0.1, -0.05) is 36.8 Å². The van der Waals surface area contributed by atoms with Gasteiger partial charge in [-0.15, -0.1) is 10.2 Å². The highest BCUT2D eigenvalue weighted by atomic mass is 32.1. The van der Waals surface area contributed by atoms with Crippen LogP contribution in [0.3, 0.4) is 0 Å². The van der Waals surface area contributed by atoms with Gasteiger partial charge in [0.15, 0.2) is 0 Å². The fraction of sp³-hybridized carbons (Fsp3) is 0.333. The number of carbonyl (C=O) groups is 1. The zero-order valence-corrected chi connectivity index (χ0v) is 15.5. The normalized spacial score (nSPS) is 11.0. The van der Waals surface area contributed by atoms with E-state index < -0.39 is 11.5 Å². The highest BCUT2D eigenvalue weighted by Gasteiger charge is 2.22. The number of para-hydroxylation sites is 1. The lowest BCUT2D eigenvalue weighted by Crippen LogP contribution is -2.29. The molecule has 0 radical (unpaired) electrons. The van der Waals surface area contributed by atoms with Crippen LogP contribution in [0.15, 0.2) is 29.1 Å². The monoisotopic (exact) mass is 372 g/mol. The van der Waals surface area contributed by atoms with E-state index in [1.807, 2.05) is 6.92 Å². The third kappa shape index (κ3) is 3.32. The Labute approximate surface area is 154 Å². The summed E-state index contributed by atoms with van der Waals surface area (Å²) in [5.41, 5.74) is -0.223. The number of nitrogens with zero attached hydrogens (tertiary/aromatic N) is 3. The number of aromatic hydroxyl groups is 1. The molecule has 0 saturated heterocycles. The van der Waals surface area contributed by atoms with Crippen molar-refractivity contribution in [2.24, 2.45) is 0 Å². The van der Waals surface area contributed by atoms with E-state index in [2.05, 4.69) is 22.4 Å². The standard InChI is InChI=1S/C18H20N4O3S/c1-3-5-10-13-20-21-18(26-13)19-16(24)14-15(23)11-8-6-7-9-12(11)22(4-2)17(14)25/h6-9,23H,3-5,10H2,1-2H3,(H,19,21,24). The average molecular weight is 372 g/mol. The number of anilines is 1. The molecular weight excluding hydrogens is 352 g/mol. The molecule has 8 heteroatoms. The van der Waals surface area contributed by atoms with Gasteiger partial charge in [0.05, 0.1) is 5.52 Å². The van der Waals surface area contributed by atoms with Crippen LogP contribution in [0.25, 0.3) is 10.9 Å². The summed E-state index contributed by atoms with van der Waals surface area (Å²) in [7, 11) is 0. The number of nitrogens with one attached hydrogen (secondary N) is 1. The third-order valence-electron chi connectivity index (χ3n) is 4.12. The minimum absolute atomic E-state index is 0.282. The molecular formula is C18H20N4O3S. The Balaban J connectivity index is 1.98. The average Bonchev–Trinajstić information content (AvgIpc) is 3.07. The lowest BCUT2D eigenvalue weighted by molar-refractivity contribution is 0.102. The van der Waals surface area contributed by atoms with E-state index in [1.54, 1.807) is 24.3 Å². The molecule has 0 fully saturated rings. The van der Waals surface area contributed by atoms with Gasteiger partial charge in [-0.2, -0.15) is 0 Å². The molecule has 136 valence electrons. The van der Waals surface area contributed by atoms with E-state index in [4.69, 9.17) is 0 Å². The molecule has 0 saturated carbocycles. The van der Waals surface area contributed by atoms with Gasteiger partial charge in [0.1, 0.15) is 16.3 Å². The maximum atomic E-state index is 12.7. The number of benzene rings is 1. The number of aromatic nitrogens is 3. The summed E-state index contributed by atoms with van der Waals surface area (Å²) in [5.74, 6) is -0.998. The van der Waals surface area contributed by atoms with Crippen LogP contribution in [0.4, 0.5) is 5.13 Å². The van der Waals surface area contributed by atoms with E-state index >= 15 is 0 Å². The molecule has 0 aliphatic carbocycles. The van der Waals surface area contributed by atoms with Crippen LogP contribution < -0.4 is 10.9 Å². The molecule has 26 heavy (non-hydrogen) atoms. The predicted octanol–water partition coefficient (Wildman–Crippen LogP) is 3.17. The SMILES string of the molecule is CCCCc1nnc(NC(=O)c2c(O)c3ccccc3n(CC)c2=O)s1. The molecule has 1 amide bonds. The first-order valence-electron chi connectivity index (χ1n) is 8.55. The number of unbranched alkanes of at least 4 members (excludes halogenated alkanes) is 1. The molecule has 3 rings (SSSR count). The highest BCUT2D eigenvalue weighted by Crippen LogP contribution is 2.27. The second-order valence-corrected chi connectivity index (χ2v) is 6.91. The molecule has 2 N–H and O–H groups in total. The summed E-state index contributed by atoms with van der Waals surface area (Å²) in [6, 6.07) is 6.96. The summed E-state index contributed by atoms with van der Waals surface area (Å²) < 4.78 is 1.47. The van der Waals surface area contributed by atoms with E-state index in [9.17, 15) is 14.7 Å². The Kier molecular flexibility index (Phi) is 5.32. The maximum absolute atomic E-state index is 12.7. The molecule has 0 spiro atoms. The molecule has 3 aromatic rings. The Morgan fingerprint density at radius 3 is 2.77 bits per heavy atom. The fourth-order valence-electron chi connectivity index (χ4n) is 2.80. The van der Waals surface area contributed by atoms with Crippen molar-refractivity contribution >= 4 is 33.3 Å². The van der Waals surface area contributed by atoms with Crippen LogP contribution >= 0.6 is 11.3 Å². The number of rotatable bonds is 6. The Morgan fingerprint density at radius 1 is 1.27 bits per heavy atom.